The smallest absolute Gasteiger partial charge is 0.163 e. The maximum atomic E-state index is 13.3. The summed E-state index contributed by atoms with van der Waals surface area (Å²) in [6, 6.07) is 4.15. The van der Waals surface area contributed by atoms with E-state index >= 15 is 0 Å². The average molecular weight is 235 g/mol. The zero-order valence-electron chi connectivity index (χ0n) is 8.09. The first kappa shape index (κ1) is 12.4. The van der Waals surface area contributed by atoms with Crippen molar-refractivity contribution in [2.75, 3.05) is 19.6 Å². The Morgan fingerprint density at radius 1 is 1.20 bits per heavy atom. The second-order valence-electron chi connectivity index (χ2n) is 3.35. The molecular weight excluding hydrogens is 222 g/mol. The Morgan fingerprint density at radius 2 is 2.00 bits per heavy atom. The van der Waals surface area contributed by atoms with Crippen LogP contribution in [0.4, 0.5) is 8.78 Å². The lowest BCUT2D eigenvalue weighted by Gasteiger charge is -2.25. The minimum absolute atomic E-state index is 0. The summed E-state index contributed by atoms with van der Waals surface area (Å²) < 4.78 is 26.3. The van der Waals surface area contributed by atoms with E-state index in [0.717, 1.165) is 19.2 Å². The standard InChI is InChI=1S/C10H12F2N2.ClH/c11-8-3-1-2-7(10(8)12)9-6-13-4-5-14-9;/h1-3,9,13-14H,4-6H2;1H/t9-;/m1./s1. The highest BCUT2D eigenvalue weighted by molar-refractivity contribution is 5.85. The summed E-state index contributed by atoms with van der Waals surface area (Å²) in [6.45, 7) is 2.29. The summed E-state index contributed by atoms with van der Waals surface area (Å²) in [5, 5.41) is 6.26. The molecule has 0 unspecified atom stereocenters. The van der Waals surface area contributed by atoms with E-state index in [2.05, 4.69) is 10.6 Å². The summed E-state index contributed by atoms with van der Waals surface area (Å²) in [4.78, 5) is 0. The van der Waals surface area contributed by atoms with Gasteiger partial charge in [0.15, 0.2) is 11.6 Å². The lowest BCUT2D eigenvalue weighted by molar-refractivity contribution is 0.406. The number of rotatable bonds is 1. The normalized spacial score (nSPS) is 20.8. The van der Waals surface area contributed by atoms with Gasteiger partial charge >= 0.3 is 0 Å². The van der Waals surface area contributed by atoms with Crippen molar-refractivity contribution >= 4 is 12.4 Å². The largest absolute Gasteiger partial charge is 0.314 e. The summed E-state index contributed by atoms with van der Waals surface area (Å²) in [5.74, 6) is -1.52. The van der Waals surface area contributed by atoms with Crippen LogP contribution in [0.15, 0.2) is 18.2 Å². The maximum absolute atomic E-state index is 13.3. The van der Waals surface area contributed by atoms with Gasteiger partial charge < -0.3 is 10.6 Å². The van der Waals surface area contributed by atoms with Gasteiger partial charge in [-0.2, -0.15) is 0 Å². The molecule has 1 aliphatic heterocycles. The van der Waals surface area contributed by atoms with Crippen LogP contribution in [-0.2, 0) is 0 Å². The Labute approximate surface area is 93.5 Å². The van der Waals surface area contributed by atoms with Crippen LogP contribution in [-0.4, -0.2) is 19.6 Å². The highest BCUT2D eigenvalue weighted by Gasteiger charge is 2.19. The van der Waals surface area contributed by atoms with Crippen LogP contribution in [0.5, 0.6) is 0 Å². The van der Waals surface area contributed by atoms with E-state index in [9.17, 15) is 8.78 Å². The molecule has 1 aromatic carbocycles. The predicted molar refractivity (Wildman–Crippen MR) is 57.2 cm³/mol. The molecule has 1 aliphatic rings. The molecule has 0 amide bonds. The molecule has 1 saturated heterocycles. The molecule has 0 aliphatic carbocycles. The van der Waals surface area contributed by atoms with E-state index in [0.29, 0.717) is 12.1 Å². The number of piperazine rings is 1. The van der Waals surface area contributed by atoms with Crippen LogP contribution < -0.4 is 10.6 Å². The molecule has 0 bridgehead atoms. The van der Waals surface area contributed by atoms with Gasteiger partial charge in [-0.25, -0.2) is 8.78 Å². The average Bonchev–Trinajstić information content (AvgIpc) is 2.23. The van der Waals surface area contributed by atoms with E-state index in [1.807, 2.05) is 0 Å². The summed E-state index contributed by atoms with van der Waals surface area (Å²) in [7, 11) is 0. The van der Waals surface area contributed by atoms with Crippen LogP contribution in [0.1, 0.15) is 11.6 Å². The van der Waals surface area contributed by atoms with Crippen molar-refractivity contribution in [1.82, 2.24) is 10.6 Å². The first-order chi connectivity index (χ1) is 6.79. The molecule has 0 spiro atoms. The quantitative estimate of drug-likeness (QED) is 0.772. The minimum atomic E-state index is -0.783. The molecule has 0 radical (unpaired) electrons. The third kappa shape index (κ3) is 2.65. The van der Waals surface area contributed by atoms with E-state index in [4.69, 9.17) is 0 Å². The van der Waals surface area contributed by atoms with E-state index in [1.165, 1.54) is 6.07 Å². The maximum Gasteiger partial charge on any atom is 0.163 e. The van der Waals surface area contributed by atoms with Crippen molar-refractivity contribution in [3.63, 3.8) is 0 Å². The number of hydrogen-bond acceptors (Lipinski definition) is 2. The van der Waals surface area contributed by atoms with Gasteiger partial charge in [0, 0.05) is 31.2 Å². The van der Waals surface area contributed by atoms with Crippen molar-refractivity contribution in [2.24, 2.45) is 0 Å². The van der Waals surface area contributed by atoms with E-state index < -0.39 is 11.6 Å². The van der Waals surface area contributed by atoms with Gasteiger partial charge in [0.2, 0.25) is 0 Å². The molecule has 84 valence electrons. The predicted octanol–water partition coefficient (Wildman–Crippen LogP) is 1.62. The van der Waals surface area contributed by atoms with Crippen molar-refractivity contribution in [3.05, 3.63) is 35.4 Å². The molecule has 1 heterocycles. The fourth-order valence-electron chi connectivity index (χ4n) is 1.66. The fraction of sp³-hybridized carbons (Fsp3) is 0.400. The number of halogens is 3. The zero-order valence-corrected chi connectivity index (χ0v) is 8.91. The first-order valence-corrected chi connectivity index (χ1v) is 4.67. The summed E-state index contributed by atoms with van der Waals surface area (Å²) in [5.41, 5.74) is 0.400. The Bertz CT molecular complexity index is 327. The lowest BCUT2D eigenvalue weighted by atomic mass is 10.0. The topological polar surface area (TPSA) is 24.1 Å². The zero-order chi connectivity index (χ0) is 9.97. The summed E-state index contributed by atoms with van der Waals surface area (Å²) >= 11 is 0. The SMILES string of the molecule is Cl.Fc1cccc([C@H]2CNCCN2)c1F. The van der Waals surface area contributed by atoms with Gasteiger partial charge in [0.05, 0.1) is 0 Å². The molecular formula is C10H13ClF2N2. The molecule has 0 aromatic heterocycles. The third-order valence-corrected chi connectivity index (χ3v) is 2.40. The second kappa shape index (κ2) is 5.39. The lowest BCUT2D eigenvalue weighted by Crippen LogP contribution is -2.43. The van der Waals surface area contributed by atoms with Gasteiger partial charge in [-0.15, -0.1) is 12.4 Å². The van der Waals surface area contributed by atoms with Crippen LogP contribution in [0.3, 0.4) is 0 Å². The Balaban J connectivity index is 0.00000112. The Hall–Kier alpha value is -0.710. The van der Waals surface area contributed by atoms with E-state index in [-0.39, 0.29) is 18.4 Å². The van der Waals surface area contributed by atoms with Gasteiger partial charge in [0.1, 0.15) is 0 Å². The molecule has 2 nitrogen and oxygen atoms in total. The highest BCUT2D eigenvalue weighted by atomic mass is 35.5. The number of nitrogens with one attached hydrogen (secondary N) is 2. The second-order valence-corrected chi connectivity index (χ2v) is 3.35. The Morgan fingerprint density at radius 3 is 2.67 bits per heavy atom. The van der Waals surface area contributed by atoms with Crippen molar-refractivity contribution in [3.8, 4) is 0 Å². The fourth-order valence-corrected chi connectivity index (χ4v) is 1.66. The molecule has 15 heavy (non-hydrogen) atoms. The van der Waals surface area contributed by atoms with Crippen LogP contribution in [0, 0.1) is 11.6 Å². The Kier molecular flexibility index (Phi) is 4.45. The molecule has 0 saturated carbocycles. The van der Waals surface area contributed by atoms with Gasteiger partial charge in [-0.1, -0.05) is 12.1 Å². The van der Waals surface area contributed by atoms with Crippen LogP contribution in [0.25, 0.3) is 0 Å². The molecule has 1 aromatic rings. The molecule has 2 N–H and O–H groups in total. The number of hydrogen-bond donors (Lipinski definition) is 2. The van der Waals surface area contributed by atoms with Crippen LogP contribution in [0.2, 0.25) is 0 Å². The molecule has 1 atom stereocenters. The molecule has 2 rings (SSSR count). The van der Waals surface area contributed by atoms with Crippen molar-refractivity contribution in [2.45, 2.75) is 6.04 Å². The summed E-state index contributed by atoms with van der Waals surface area (Å²) in [6.07, 6.45) is 0. The van der Waals surface area contributed by atoms with E-state index in [1.54, 1.807) is 6.07 Å². The van der Waals surface area contributed by atoms with Gasteiger partial charge in [0.25, 0.3) is 0 Å². The molecule has 1 fully saturated rings. The minimum Gasteiger partial charge on any atom is -0.314 e. The first-order valence-electron chi connectivity index (χ1n) is 4.67. The highest BCUT2D eigenvalue weighted by Crippen LogP contribution is 2.19. The van der Waals surface area contributed by atoms with Crippen molar-refractivity contribution < 1.29 is 8.78 Å². The molecule has 5 heteroatoms. The monoisotopic (exact) mass is 234 g/mol. The van der Waals surface area contributed by atoms with Crippen LogP contribution >= 0.6 is 12.4 Å². The van der Waals surface area contributed by atoms with Crippen molar-refractivity contribution in [1.29, 1.82) is 0 Å². The van der Waals surface area contributed by atoms with Gasteiger partial charge in [-0.3, -0.25) is 0 Å². The third-order valence-electron chi connectivity index (χ3n) is 2.40. The number of benzene rings is 1. The van der Waals surface area contributed by atoms with Gasteiger partial charge in [-0.05, 0) is 6.07 Å².